The number of sulfonamides is 1. The molecule has 10 heteroatoms. The van der Waals surface area contributed by atoms with Gasteiger partial charge in [-0.3, -0.25) is 14.8 Å². The van der Waals surface area contributed by atoms with Crippen molar-refractivity contribution in [3.63, 3.8) is 0 Å². The zero-order valence-corrected chi connectivity index (χ0v) is 19.1. The number of ether oxygens (including phenoxy) is 2. The fourth-order valence-electron chi connectivity index (χ4n) is 3.76. The van der Waals surface area contributed by atoms with Crippen molar-refractivity contribution >= 4 is 38.6 Å². The van der Waals surface area contributed by atoms with Crippen molar-refractivity contribution in [2.75, 3.05) is 23.3 Å². The van der Waals surface area contributed by atoms with Crippen LogP contribution in [0.15, 0.2) is 71.6 Å². The van der Waals surface area contributed by atoms with Crippen molar-refractivity contribution in [3.05, 3.63) is 72.3 Å². The topological polar surface area (TPSA) is 112 Å². The largest absolute Gasteiger partial charge is 0.486 e. The second-order valence-electron chi connectivity index (χ2n) is 7.61. The highest BCUT2D eigenvalue weighted by atomic mass is 32.2. The molecule has 1 aromatic heterocycles. The average molecular weight is 479 g/mol. The molecule has 1 aliphatic heterocycles. The summed E-state index contributed by atoms with van der Waals surface area (Å²) >= 11 is 0. The van der Waals surface area contributed by atoms with Crippen molar-refractivity contribution in [1.82, 2.24) is 9.55 Å². The molecule has 34 heavy (non-hydrogen) atoms. The molecule has 1 amide bonds. The van der Waals surface area contributed by atoms with Crippen LogP contribution in [0.5, 0.6) is 11.5 Å². The van der Waals surface area contributed by atoms with Crippen molar-refractivity contribution in [1.29, 1.82) is 0 Å². The predicted molar refractivity (Wildman–Crippen MR) is 128 cm³/mol. The lowest BCUT2D eigenvalue weighted by Gasteiger charge is -2.19. The number of fused-ring (bicyclic) bond motifs is 2. The van der Waals surface area contributed by atoms with Crippen LogP contribution in [0.4, 0.5) is 11.6 Å². The van der Waals surface area contributed by atoms with E-state index in [1.54, 1.807) is 18.2 Å². The third-order valence-corrected chi connectivity index (χ3v) is 6.80. The van der Waals surface area contributed by atoms with Crippen LogP contribution < -0.4 is 19.5 Å². The smallest absolute Gasteiger partial charge is 0.262 e. The predicted octanol–water partition coefficient (Wildman–Crippen LogP) is 3.88. The molecule has 0 bridgehead atoms. The van der Waals surface area contributed by atoms with Gasteiger partial charge in [0.1, 0.15) is 13.2 Å². The molecule has 0 saturated carbocycles. The number of nitrogens with zero attached hydrogens (tertiary/aromatic N) is 2. The summed E-state index contributed by atoms with van der Waals surface area (Å²) in [6, 6.07) is 18.3. The number of rotatable bonds is 6. The van der Waals surface area contributed by atoms with E-state index in [0.717, 1.165) is 11.0 Å². The number of benzene rings is 3. The molecule has 0 fully saturated rings. The van der Waals surface area contributed by atoms with E-state index in [1.165, 1.54) is 24.3 Å². The van der Waals surface area contributed by atoms with Gasteiger partial charge in [-0.1, -0.05) is 12.1 Å². The number of hydrogen-bond acceptors (Lipinski definition) is 6. The number of amides is 1. The number of carbonyl (C=O) groups excluding carboxylic acids is 1. The lowest BCUT2D eigenvalue weighted by molar-refractivity contribution is 0.102. The normalized spacial score (nSPS) is 13.0. The second-order valence-corrected chi connectivity index (χ2v) is 9.29. The molecule has 0 saturated heterocycles. The number of aromatic nitrogens is 2. The van der Waals surface area contributed by atoms with E-state index in [4.69, 9.17) is 9.47 Å². The minimum atomic E-state index is -3.85. The summed E-state index contributed by atoms with van der Waals surface area (Å²) in [4.78, 5) is 17.3. The fourth-order valence-corrected chi connectivity index (χ4v) is 4.83. The van der Waals surface area contributed by atoms with E-state index in [0.29, 0.717) is 48.5 Å². The number of para-hydroxylation sites is 2. The standard InChI is InChI=1S/C24H22N4O5S/c1-2-28-20-6-4-3-5-19(20)25-24(28)26-23(29)16-7-9-17(10-8-16)27-34(30,31)18-11-12-21-22(15-18)33-14-13-32-21/h3-12,15,27H,2,13-14H2,1H3,(H,25,26,29). The zero-order chi connectivity index (χ0) is 23.7. The summed E-state index contributed by atoms with van der Waals surface area (Å²) in [6.07, 6.45) is 0. The number of nitrogens with one attached hydrogen (secondary N) is 2. The van der Waals surface area contributed by atoms with E-state index in [9.17, 15) is 13.2 Å². The minimum absolute atomic E-state index is 0.0528. The van der Waals surface area contributed by atoms with Gasteiger partial charge < -0.3 is 14.0 Å². The van der Waals surface area contributed by atoms with Crippen molar-refractivity contribution in [2.45, 2.75) is 18.4 Å². The van der Waals surface area contributed by atoms with Crippen LogP contribution in [0.2, 0.25) is 0 Å². The van der Waals surface area contributed by atoms with Crippen LogP contribution in [0.25, 0.3) is 11.0 Å². The third-order valence-electron chi connectivity index (χ3n) is 5.42. The Labute approximate surface area is 196 Å². The first-order chi connectivity index (χ1) is 16.4. The van der Waals surface area contributed by atoms with Gasteiger partial charge in [0.25, 0.3) is 15.9 Å². The van der Waals surface area contributed by atoms with E-state index < -0.39 is 10.0 Å². The van der Waals surface area contributed by atoms with E-state index in [2.05, 4.69) is 15.0 Å². The van der Waals surface area contributed by atoms with Gasteiger partial charge in [-0.25, -0.2) is 13.4 Å². The highest BCUT2D eigenvalue weighted by molar-refractivity contribution is 7.92. The Morgan fingerprint density at radius 1 is 1.00 bits per heavy atom. The summed E-state index contributed by atoms with van der Waals surface area (Å²) < 4.78 is 41.0. The number of aryl methyl sites for hydroxylation is 1. The molecule has 1 aliphatic rings. The van der Waals surface area contributed by atoms with Crippen LogP contribution in [0.1, 0.15) is 17.3 Å². The highest BCUT2D eigenvalue weighted by Gasteiger charge is 2.20. The summed E-state index contributed by atoms with van der Waals surface area (Å²) in [7, 11) is -3.85. The fraction of sp³-hybridized carbons (Fsp3) is 0.167. The Morgan fingerprint density at radius 2 is 1.74 bits per heavy atom. The first-order valence-electron chi connectivity index (χ1n) is 10.7. The maximum atomic E-state index is 12.8. The Balaban J connectivity index is 1.31. The SMILES string of the molecule is CCn1c(NC(=O)c2ccc(NS(=O)(=O)c3ccc4c(c3)OCCO4)cc2)nc2ccccc21. The van der Waals surface area contributed by atoms with Gasteiger partial charge in [0.2, 0.25) is 5.95 Å². The number of imidazole rings is 1. The quantitative estimate of drug-likeness (QED) is 0.435. The van der Waals surface area contributed by atoms with Crippen LogP contribution in [-0.2, 0) is 16.6 Å². The maximum Gasteiger partial charge on any atom is 0.262 e. The Kier molecular flexibility index (Phi) is 5.58. The molecule has 2 N–H and O–H groups in total. The van der Waals surface area contributed by atoms with Crippen LogP contribution in [0, 0.1) is 0 Å². The Morgan fingerprint density at radius 3 is 2.50 bits per heavy atom. The van der Waals surface area contributed by atoms with Gasteiger partial charge in [0.15, 0.2) is 11.5 Å². The van der Waals surface area contributed by atoms with Gasteiger partial charge in [-0.2, -0.15) is 0 Å². The highest BCUT2D eigenvalue weighted by Crippen LogP contribution is 2.32. The summed E-state index contributed by atoms with van der Waals surface area (Å²) in [6.45, 7) is 3.42. The van der Waals surface area contributed by atoms with Gasteiger partial charge >= 0.3 is 0 Å². The van der Waals surface area contributed by atoms with Gasteiger partial charge in [0.05, 0.1) is 15.9 Å². The number of carbonyl (C=O) groups is 1. The monoisotopic (exact) mass is 478 g/mol. The molecule has 0 atom stereocenters. The van der Waals surface area contributed by atoms with E-state index in [1.807, 2.05) is 35.8 Å². The van der Waals surface area contributed by atoms with Crippen LogP contribution >= 0.6 is 0 Å². The molecule has 2 heterocycles. The molecule has 3 aromatic carbocycles. The Hall–Kier alpha value is -4.05. The molecule has 174 valence electrons. The summed E-state index contributed by atoms with van der Waals surface area (Å²) in [5, 5.41) is 2.84. The molecule has 4 aromatic rings. The summed E-state index contributed by atoms with van der Waals surface area (Å²) in [5.41, 5.74) is 2.43. The van der Waals surface area contributed by atoms with Crippen LogP contribution in [-0.4, -0.2) is 37.1 Å². The zero-order valence-electron chi connectivity index (χ0n) is 18.3. The van der Waals surface area contributed by atoms with Crippen molar-refractivity contribution in [2.24, 2.45) is 0 Å². The minimum Gasteiger partial charge on any atom is -0.486 e. The van der Waals surface area contributed by atoms with Crippen molar-refractivity contribution < 1.29 is 22.7 Å². The lowest BCUT2D eigenvalue weighted by Crippen LogP contribution is -2.18. The maximum absolute atomic E-state index is 12.8. The summed E-state index contributed by atoms with van der Waals surface area (Å²) in [5.74, 6) is 1.01. The molecule has 0 aliphatic carbocycles. The number of anilines is 2. The molecular weight excluding hydrogens is 456 g/mol. The molecular formula is C24H22N4O5S. The van der Waals surface area contributed by atoms with Gasteiger partial charge in [-0.05, 0) is 55.5 Å². The van der Waals surface area contributed by atoms with E-state index in [-0.39, 0.29) is 10.8 Å². The second kappa shape index (κ2) is 8.71. The molecule has 0 radical (unpaired) electrons. The Bertz CT molecular complexity index is 1480. The molecule has 0 unspecified atom stereocenters. The first kappa shape index (κ1) is 21.8. The first-order valence-corrected chi connectivity index (χ1v) is 12.2. The lowest BCUT2D eigenvalue weighted by atomic mass is 10.2. The third kappa shape index (κ3) is 4.15. The van der Waals surface area contributed by atoms with Crippen LogP contribution in [0.3, 0.4) is 0 Å². The van der Waals surface area contributed by atoms with Gasteiger partial charge in [0, 0.05) is 23.9 Å². The average Bonchev–Trinajstić information content (AvgIpc) is 3.20. The molecule has 0 spiro atoms. The van der Waals surface area contributed by atoms with Gasteiger partial charge in [-0.15, -0.1) is 0 Å². The van der Waals surface area contributed by atoms with Crippen molar-refractivity contribution in [3.8, 4) is 11.5 Å². The van der Waals surface area contributed by atoms with E-state index >= 15 is 0 Å². The number of hydrogen-bond donors (Lipinski definition) is 2. The molecule has 9 nitrogen and oxygen atoms in total. The molecule has 5 rings (SSSR count).